The monoisotopic (exact) mass is 273 g/mol. The molecule has 102 valence electrons. The summed E-state index contributed by atoms with van der Waals surface area (Å²) in [5, 5.41) is 0. The molecule has 3 saturated heterocycles. The number of rotatable bonds is 1. The van der Waals surface area contributed by atoms with E-state index in [1.54, 1.807) is 0 Å². The van der Waals surface area contributed by atoms with Crippen molar-refractivity contribution in [1.82, 2.24) is 9.80 Å². The number of carbonyl (C=O) groups excluding carboxylic acids is 1. The first-order chi connectivity index (χ1) is 8.46. The van der Waals surface area contributed by atoms with Crippen molar-refractivity contribution in [3.8, 4) is 0 Å². The van der Waals surface area contributed by atoms with Crippen molar-refractivity contribution in [2.24, 2.45) is 5.73 Å². The lowest BCUT2D eigenvalue weighted by molar-refractivity contribution is -0.131. The van der Waals surface area contributed by atoms with Gasteiger partial charge in [0.05, 0.1) is 11.5 Å². The Balaban J connectivity index is 1.70. The normalized spacial score (nSPS) is 40.2. The van der Waals surface area contributed by atoms with E-state index in [2.05, 4.69) is 4.90 Å². The highest BCUT2D eigenvalue weighted by Crippen LogP contribution is 2.26. The zero-order chi connectivity index (χ0) is 12.9. The average molecular weight is 273 g/mol. The molecule has 18 heavy (non-hydrogen) atoms. The molecule has 3 fully saturated rings. The number of amides is 1. The predicted octanol–water partition coefficient (Wildman–Crippen LogP) is -1.58. The summed E-state index contributed by atoms with van der Waals surface area (Å²) in [5.41, 5.74) is 5.95. The van der Waals surface area contributed by atoms with Gasteiger partial charge in [-0.1, -0.05) is 0 Å². The highest BCUT2D eigenvalue weighted by atomic mass is 32.2. The topological polar surface area (TPSA) is 83.7 Å². The Morgan fingerprint density at radius 3 is 2.67 bits per heavy atom. The van der Waals surface area contributed by atoms with Gasteiger partial charge in [0.1, 0.15) is 0 Å². The molecular weight excluding hydrogens is 254 g/mol. The molecule has 2 N–H and O–H groups in total. The van der Waals surface area contributed by atoms with E-state index in [4.69, 9.17) is 5.73 Å². The summed E-state index contributed by atoms with van der Waals surface area (Å²) in [5.74, 6) is 0.513. The zero-order valence-corrected chi connectivity index (χ0v) is 11.1. The first-order valence-corrected chi connectivity index (χ1v) is 8.28. The third-order valence-electron chi connectivity index (χ3n) is 4.36. The first kappa shape index (κ1) is 12.4. The smallest absolute Gasteiger partial charge is 0.222 e. The number of fused-ring (bicyclic) bond motifs is 1. The van der Waals surface area contributed by atoms with Gasteiger partial charge in [-0.05, 0) is 6.42 Å². The summed E-state index contributed by atoms with van der Waals surface area (Å²) >= 11 is 0. The molecule has 0 aliphatic carbocycles. The van der Waals surface area contributed by atoms with E-state index in [0.717, 1.165) is 19.5 Å². The third kappa shape index (κ3) is 2.04. The molecule has 3 heterocycles. The molecule has 0 spiro atoms. The van der Waals surface area contributed by atoms with Gasteiger partial charge in [0.15, 0.2) is 9.84 Å². The summed E-state index contributed by atoms with van der Waals surface area (Å²) in [6, 6.07) is -0.0757. The molecular formula is C11H19N3O3S. The van der Waals surface area contributed by atoms with Crippen LogP contribution in [0.1, 0.15) is 12.8 Å². The molecule has 3 atom stereocenters. The van der Waals surface area contributed by atoms with Crippen LogP contribution in [0.4, 0.5) is 0 Å². The molecule has 3 aliphatic heterocycles. The van der Waals surface area contributed by atoms with Crippen LogP contribution in [0, 0.1) is 0 Å². The molecule has 3 unspecified atom stereocenters. The van der Waals surface area contributed by atoms with E-state index in [-0.39, 0.29) is 35.5 Å². The fourth-order valence-corrected chi connectivity index (χ4v) is 5.34. The molecule has 3 rings (SSSR count). The Labute approximate surface area is 107 Å². The molecule has 0 bridgehead atoms. The van der Waals surface area contributed by atoms with Gasteiger partial charge in [-0.25, -0.2) is 8.42 Å². The van der Waals surface area contributed by atoms with Crippen LogP contribution in [0.25, 0.3) is 0 Å². The third-order valence-corrected chi connectivity index (χ3v) is 6.10. The van der Waals surface area contributed by atoms with E-state index in [0.29, 0.717) is 13.0 Å². The van der Waals surface area contributed by atoms with Crippen LogP contribution in [0.3, 0.4) is 0 Å². The predicted molar refractivity (Wildman–Crippen MR) is 66.7 cm³/mol. The number of nitrogens with zero attached hydrogens (tertiary/aromatic N) is 2. The second kappa shape index (κ2) is 4.18. The van der Waals surface area contributed by atoms with E-state index < -0.39 is 9.84 Å². The number of hydrogen-bond acceptors (Lipinski definition) is 5. The quantitative estimate of drug-likeness (QED) is 0.623. The van der Waals surface area contributed by atoms with Gasteiger partial charge in [-0.3, -0.25) is 9.69 Å². The highest BCUT2D eigenvalue weighted by Gasteiger charge is 2.43. The maximum absolute atomic E-state index is 11.6. The Morgan fingerprint density at radius 1 is 1.22 bits per heavy atom. The second-order valence-electron chi connectivity index (χ2n) is 5.58. The van der Waals surface area contributed by atoms with Gasteiger partial charge in [-0.15, -0.1) is 0 Å². The molecule has 1 amide bonds. The molecule has 3 aliphatic rings. The lowest BCUT2D eigenvalue weighted by atomic mass is 10.1. The summed E-state index contributed by atoms with van der Waals surface area (Å²) in [7, 11) is -2.97. The van der Waals surface area contributed by atoms with E-state index in [9.17, 15) is 13.2 Å². The molecule has 0 aromatic carbocycles. The minimum Gasteiger partial charge on any atom is -0.337 e. The number of hydrogen-bond donors (Lipinski definition) is 1. The first-order valence-electron chi connectivity index (χ1n) is 6.46. The van der Waals surface area contributed by atoms with E-state index in [1.165, 1.54) is 0 Å². The Hall–Kier alpha value is -0.660. The molecule has 6 nitrogen and oxygen atoms in total. The Morgan fingerprint density at radius 2 is 2.00 bits per heavy atom. The van der Waals surface area contributed by atoms with Crippen LogP contribution in [-0.4, -0.2) is 73.4 Å². The Bertz CT molecular complexity index is 464. The van der Waals surface area contributed by atoms with E-state index in [1.807, 2.05) is 4.90 Å². The summed E-state index contributed by atoms with van der Waals surface area (Å²) in [4.78, 5) is 15.7. The van der Waals surface area contributed by atoms with Crippen molar-refractivity contribution in [2.45, 2.75) is 31.0 Å². The van der Waals surface area contributed by atoms with Crippen LogP contribution in [-0.2, 0) is 14.6 Å². The van der Waals surface area contributed by atoms with Crippen LogP contribution >= 0.6 is 0 Å². The van der Waals surface area contributed by atoms with Crippen molar-refractivity contribution in [3.63, 3.8) is 0 Å². The fourth-order valence-electron chi connectivity index (χ4n) is 3.42. The fraction of sp³-hybridized carbons (Fsp3) is 0.909. The summed E-state index contributed by atoms with van der Waals surface area (Å²) < 4.78 is 23.2. The molecule has 0 radical (unpaired) electrons. The van der Waals surface area contributed by atoms with Crippen molar-refractivity contribution < 1.29 is 13.2 Å². The molecule has 7 heteroatoms. The maximum Gasteiger partial charge on any atom is 0.222 e. The Kier molecular flexibility index (Phi) is 2.87. The largest absolute Gasteiger partial charge is 0.337 e. The van der Waals surface area contributed by atoms with Crippen LogP contribution < -0.4 is 5.73 Å². The summed E-state index contributed by atoms with van der Waals surface area (Å²) in [6.45, 7) is 2.24. The van der Waals surface area contributed by atoms with E-state index >= 15 is 0 Å². The minimum absolute atomic E-state index is 0.0622. The van der Waals surface area contributed by atoms with Crippen LogP contribution in [0.5, 0.6) is 0 Å². The van der Waals surface area contributed by atoms with Crippen molar-refractivity contribution in [1.29, 1.82) is 0 Å². The number of carbonyl (C=O) groups is 1. The maximum atomic E-state index is 11.6. The van der Waals surface area contributed by atoms with Crippen molar-refractivity contribution in [3.05, 3.63) is 0 Å². The van der Waals surface area contributed by atoms with Gasteiger partial charge in [-0.2, -0.15) is 0 Å². The number of nitrogens with two attached hydrogens (primary N) is 1. The van der Waals surface area contributed by atoms with Crippen molar-refractivity contribution >= 4 is 15.7 Å². The van der Waals surface area contributed by atoms with Crippen LogP contribution in [0.2, 0.25) is 0 Å². The highest BCUT2D eigenvalue weighted by molar-refractivity contribution is 7.91. The minimum atomic E-state index is -2.97. The van der Waals surface area contributed by atoms with Gasteiger partial charge in [0.2, 0.25) is 5.91 Å². The molecule has 0 saturated carbocycles. The van der Waals surface area contributed by atoms with Gasteiger partial charge >= 0.3 is 0 Å². The SMILES string of the molecule is NC1CS(=O)(=O)CC1N1CCN2C(=O)CCC2C1. The van der Waals surface area contributed by atoms with Crippen molar-refractivity contribution in [2.75, 3.05) is 31.1 Å². The van der Waals surface area contributed by atoms with Crippen LogP contribution in [0.15, 0.2) is 0 Å². The lowest BCUT2D eigenvalue weighted by Gasteiger charge is -2.41. The second-order valence-corrected chi connectivity index (χ2v) is 7.74. The van der Waals surface area contributed by atoms with Gasteiger partial charge in [0, 0.05) is 44.2 Å². The number of piperazine rings is 1. The van der Waals surface area contributed by atoms with Gasteiger partial charge < -0.3 is 10.6 Å². The van der Waals surface area contributed by atoms with Gasteiger partial charge in [0.25, 0.3) is 0 Å². The lowest BCUT2D eigenvalue weighted by Crippen LogP contribution is -2.58. The molecule has 0 aromatic heterocycles. The zero-order valence-electron chi connectivity index (χ0n) is 10.3. The molecule has 0 aromatic rings. The summed E-state index contributed by atoms with van der Waals surface area (Å²) in [6.07, 6.45) is 1.53. The average Bonchev–Trinajstić information content (AvgIpc) is 2.79. The number of sulfone groups is 1. The standard InChI is InChI=1S/C11H19N3O3S/c12-9-6-18(16,17)7-10(9)13-3-4-14-8(5-13)1-2-11(14)15/h8-10H,1-7,12H2.